The van der Waals surface area contributed by atoms with E-state index in [0.29, 0.717) is 12.3 Å². The van der Waals surface area contributed by atoms with Gasteiger partial charge in [0, 0.05) is 29.8 Å². The zero-order valence-corrected chi connectivity index (χ0v) is 19.1. The standard InChI is InChI=1S/C23H29N5O3S/c1-2-27-20(25-26-22(27)32-14-15-3-5-19(6-4-15)28(30)31)13-24-21(29)23-10-16-7-17(11-23)9-18(8-16)12-23/h3-6,16-18H,2,7-14H2,1H3,(H,24,29). The molecule has 8 nitrogen and oxygen atoms in total. The number of nitrogens with one attached hydrogen (secondary N) is 1. The van der Waals surface area contributed by atoms with Crippen LogP contribution >= 0.6 is 11.8 Å². The Kier molecular flexibility index (Phi) is 5.69. The first kappa shape index (κ1) is 21.4. The molecule has 4 aliphatic rings. The van der Waals surface area contributed by atoms with Gasteiger partial charge in [0.25, 0.3) is 5.69 Å². The molecule has 1 heterocycles. The highest BCUT2D eigenvalue weighted by Crippen LogP contribution is 2.60. The van der Waals surface area contributed by atoms with Gasteiger partial charge in [-0.3, -0.25) is 14.9 Å². The molecule has 1 N–H and O–H groups in total. The molecule has 0 spiro atoms. The van der Waals surface area contributed by atoms with Crippen molar-refractivity contribution in [2.45, 2.75) is 69.4 Å². The number of carbonyl (C=O) groups is 1. The maximum Gasteiger partial charge on any atom is 0.269 e. The number of carbonyl (C=O) groups excluding carboxylic acids is 1. The molecule has 4 fully saturated rings. The van der Waals surface area contributed by atoms with E-state index in [9.17, 15) is 14.9 Å². The number of nitrogens with zero attached hydrogens (tertiary/aromatic N) is 4. The molecule has 0 atom stereocenters. The molecular formula is C23H29N5O3S. The van der Waals surface area contributed by atoms with Gasteiger partial charge in [-0.15, -0.1) is 10.2 Å². The number of nitro groups is 1. The van der Waals surface area contributed by atoms with Crippen LogP contribution in [0, 0.1) is 33.3 Å². The van der Waals surface area contributed by atoms with Crippen LogP contribution < -0.4 is 5.32 Å². The minimum Gasteiger partial charge on any atom is -0.348 e. The van der Waals surface area contributed by atoms with Gasteiger partial charge >= 0.3 is 0 Å². The lowest BCUT2D eigenvalue weighted by molar-refractivity contribution is -0.384. The molecule has 32 heavy (non-hydrogen) atoms. The normalized spacial score (nSPS) is 28.1. The van der Waals surface area contributed by atoms with Crippen LogP contribution in [0.3, 0.4) is 0 Å². The summed E-state index contributed by atoms with van der Waals surface area (Å²) in [5.41, 5.74) is 0.926. The van der Waals surface area contributed by atoms with Crippen LogP contribution in [0.15, 0.2) is 29.4 Å². The zero-order chi connectivity index (χ0) is 22.3. The summed E-state index contributed by atoms with van der Waals surface area (Å²) in [7, 11) is 0. The van der Waals surface area contributed by atoms with Gasteiger partial charge in [-0.25, -0.2) is 0 Å². The van der Waals surface area contributed by atoms with Crippen molar-refractivity contribution in [3.05, 3.63) is 45.8 Å². The average Bonchev–Trinajstić information content (AvgIpc) is 3.17. The van der Waals surface area contributed by atoms with Gasteiger partial charge in [-0.2, -0.15) is 0 Å². The molecule has 4 bridgehead atoms. The van der Waals surface area contributed by atoms with Crippen molar-refractivity contribution in [2.24, 2.45) is 23.2 Å². The molecule has 4 saturated carbocycles. The molecule has 0 aliphatic heterocycles. The summed E-state index contributed by atoms with van der Waals surface area (Å²) in [6, 6.07) is 6.58. The van der Waals surface area contributed by atoms with E-state index in [-0.39, 0.29) is 17.0 Å². The fourth-order valence-electron chi connectivity index (χ4n) is 6.47. The van der Waals surface area contributed by atoms with Crippen molar-refractivity contribution < 1.29 is 9.72 Å². The molecule has 1 amide bonds. The van der Waals surface area contributed by atoms with Crippen molar-refractivity contribution in [1.82, 2.24) is 20.1 Å². The van der Waals surface area contributed by atoms with E-state index in [1.165, 1.54) is 31.4 Å². The van der Waals surface area contributed by atoms with E-state index in [2.05, 4.69) is 15.5 Å². The quantitative estimate of drug-likeness (QED) is 0.361. The van der Waals surface area contributed by atoms with E-state index in [4.69, 9.17) is 0 Å². The van der Waals surface area contributed by atoms with Crippen molar-refractivity contribution in [3.63, 3.8) is 0 Å². The number of amides is 1. The Balaban J connectivity index is 1.21. The number of hydrogen-bond donors (Lipinski definition) is 1. The molecule has 0 unspecified atom stereocenters. The lowest BCUT2D eigenvalue weighted by Crippen LogP contribution is -2.53. The molecular weight excluding hydrogens is 426 g/mol. The summed E-state index contributed by atoms with van der Waals surface area (Å²) in [6.07, 6.45) is 7.15. The second kappa shape index (κ2) is 8.50. The van der Waals surface area contributed by atoms with Crippen LogP contribution in [0.4, 0.5) is 5.69 Å². The molecule has 0 radical (unpaired) electrons. The van der Waals surface area contributed by atoms with E-state index in [1.54, 1.807) is 23.9 Å². The van der Waals surface area contributed by atoms with Crippen LogP contribution in [0.5, 0.6) is 0 Å². The van der Waals surface area contributed by atoms with Crippen molar-refractivity contribution in [1.29, 1.82) is 0 Å². The average molecular weight is 456 g/mol. The van der Waals surface area contributed by atoms with E-state index < -0.39 is 4.92 Å². The Bertz CT molecular complexity index is 984. The van der Waals surface area contributed by atoms with Gasteiger partial charge < -0.3 is 9.88 Å². The first-order valence-electron chi connectivity index (χ1n) is 11.5. The van der Waals surface area contributed by atoms with Crippen LogP contribution in [0.2, 0.25) is 0 Å². The summed E-state index contributed by atoms with van der Waals surface area (Å²) < 4.78 is 2.04. The minimum absolute atomic E-state index is 0.0903. The third-order valence-corrected chi connectivity index (χ3v) is 8.59. The van der Waals surface area contributed by atoms with Crippen molar-refractivity contribution in [2.75, 3.05) is 0 Å². The predicted octanol–water partition coefficient (Wildman–Crippen LogP) is 4.33. The number of rotatable bonds is 8. The van der Waals surface area contributed by atoms with Crippen LogP contribution in [0.1, 0.15) is 56.8 Å². The smallest absolute Gasteiger partial charge is 0.269 e. The number of benzene rings is 1. The topological polar surface area (TPSA) is 103 Å². The number of nitro benzene ring substituents is 1. The maximum absolute atomic E-state index is 13.2. The van der Waals surface area contributed by atoms with Crippen LogP contribution in [-0.4, -0.2) is 25.6 Å². The van der Waals surface area contributed by atoms with E-state index in [1.807, 2.05) is 11.5 Å². The Labute approximate surface area is 191 Å². The SMILES string of the molecule is CCn1c(CNC(=O)C23CC4CC(CC(C4)C2)C3)nnc1SCc1ccc([N+](=O)[O-])cc1. The first-order chi connectivity index (χ1) is 15.5. The van der Waals surface area contributed by atoms with Crippen molar-refractivity contribution >= 4 is 23.4 Å². The first-order valence-corrected chi connectivity index (χ1v) is 12.5. The number of hydrogen-bond acceptors (Lipinski definition) is 6. The summed E-state index contributed by atoms with van der Waals surface area (Å²) in [4.78, 5) is 23.7. The lowest BCUT2D eigenvalue weighted by atomic mass is 9.49. The summed E-state index contributed by atoms with van der Waals surface area (Å²) >= 11 is 1.55. The van der Waals surface area contributed by atoms with E-state index >= 15 is 0 Å². The summed E-state index contributed by atoms with van der Waals surface area (Å²) in [6.45, 7) is 3.17. The van der Waals surface area contributed by atoms with Crippen LogP contribution in [0.25, 0.3) is 0 Å². The Morgan fingerprint density at radius 2 is 1.78 bits per heavy atom. The van der Waals surface area contributed by atoms with E-state index in [0.717, 1.165) is 60.1 Å². The Morgan fingerprint density at radius 3 is 2.34 bits per heavy atom. The molecule has 1 aromatic heterocycles. The molecule has 4 aliphatic carbocycles. The number of thioether (sulfide) groups is 1. The fraction of sp³-hybridized carbons (Fsp3) is 0.609. The molecule has 9 heteroatoms. The highest BCUT2D eigenvalue weighted by atomic mass is 32.2. The van der Waals surface area contributed by atoms with Gasteiger partial charge in [-0.05, 0) is 68.8 Å². The third kappa shape index (κ3) is 4.02. The highest BCUT2D eigenvalue weighted by molar-refractivity contribution is 7.98. The molecule has 170 valence electrons. The summed E-state index contributed by atoms with van der Waals surface area (Å²) in [5, 5.41) is 23.5. The van der Waals surface area contributed by atoms with Crippen molar-refractivity contribution in [3.8, 4) is 0 Å². The molecule has 1 aromatic carbocycles. The number of non-ortho nitro benzene ring substituents is 1. The van der Waals surface area contributed by atoms with Gasteiger partial charge in [-0.1, -0.05) is 23.9 Å². The Morgan fingerprint density at radius 1 is 1.16 bits per heavy atom. The molecule has 0 saturated heterocycles. The van der Waals surface area contributed by atoms with Gasteiger partial charge in [0.2, 0.25) is 5.91 Å². The summed E-state index contributed by atoms with van der Waals surface area (Å²) in [5.74, 6) is 3.87. The predicted molar refractivity (Wildman–Crippen MR) is 121 cm³/mol. The van der Waals surface area contributed by atoms with Gasteiger partial charge in [0.05, 0.1) is 11.5 Å². The maximum atomic E-state index is 13.2. The largest absolute Gasteiger partial charge is 0.348 e. The second-order valence-corrected chi connectivity index (χ2v) is 10.7. The monoisotopic (exact) mass is 455 g/mol. The zero-order valence-electron chi connectivity index (χ0n) is 18.3. The fourth-order valence-corrected chi connectivity index (χ4v) is 7.45. The van der Waals surface area contributed by atoms with Gasteiger partial charge in [0.15, 0.2) is 11.0 Å². The van der Waals surface area contributed by atoms with Crippen LogP contribution in [-0.2, 0) is 23.6 Å². The highest BCUT2D eigenvalue weighted by Gasteiger charge is 2.54. The molecule has 6 rings (SSSR count). The number of aromatic nitrogens is 3. The molecule has 2 aromatic rings. The third-order valence-electron chi connectivity index (χ3n) is 7.55. The van der Waals surface area contributed by atoms with Gasteiger partial charge in [0.1, 0.15) is 0 Å². The Hall–Kier alpha value is -2.42. The second-order valence-electron chi connectivity index (χ2n) is 9.74. The minimum atomic E-state index is -0.394. The lowest BCUT2D eigenvalue weighted by Gasteiger charge is -2.55.